The number of carbonyl (C=O) groups is 1. The van der Waals surface area contributed by atoms with E-state index in [1.54, 1.807) is 31.2 Å². The third kappa shape index (κ3) is 4.27. The van der Waals surface area contributed by atoms with Crippen LogP contribution in [-0.4, -0.2) is 33.2 Å². The maximum absolute atomic E-state index is 12.9. The Balaban J connectivity index is 1.74. The van der Waals surface area contributed by atoms with Crippen molar-refractivity contribution in [1.82, 2.24) is 20.2 Å². The molecule has 1 amide bonds. The van der Waals surface area contributed by atoms with Gasteiger partial charge in [0.25, 0.3) is 5.91 Å². The fourth-order valence-electron chi connectivity index (χ4n) is 2.37. The molecular formula is C18H16F3N5O2. The van der Waals surface area contributed by atoms with E-state index in [2.05, 4.69) is 20.7 Å². The number of methoxy groups -OCH3 is 1. The zero-order valence-corrected chi connectivity index (χ0v) is 14.9. The molecule has 0 aliphatic heterocycles. The number of hydrogen-bond acceptors (Lipinski definition) is 5. The van der Waals surface area contributed by atoms with Crippen molar-refractivity contribution in [3.8, 4) is 17.1 Å². The van der Waals surface area contributed by atoms with Gasteiger partial charge >= 0.3 is 6.18 Å². The molecule has 146 valence electrons. The number of rotatable bonds is 5. The molecule has 0 saturated carbocycles. The number of nitrogens with one attached hydrogen (secondary N) is 1. The number of anilines is 1. The lowest BCUT2D eigenvalue weighted by atomic mass is 10.1. The number of nitrogens with zero attached hydrogens (tertiary/aromatic N) is 4. The molecular weight excluding hydrogens is 375 g/mol. The highest BCUT2D eigenvalue weighted by atomic mass is 19.4. The minimum Gasteiger partial charge on any atom is -0.497 e. The summed E-state index contributed by atoms with van der Waals surface area (Å²) >= 11 is 0. The molecule has 0 saturated heterocycles. The second-order valence-electron chi connectivity index (χ2n) is 5.91. The molecule has 7 nitrogen and oxygen atoms in total. The Morgan fingerprint density at radius 1 is 1.18 bits per heavy atom. The van der Waals surface area contributed by atoms with Crippen LogP contribution in [0.4, 0.5) is 18.9 Å². The minimum atomic E-state index is -4.47. The van der Waals surface area contributed by atoms with E-state index in [0.717, 1.165) is 16.9 Å². The van der Waals surface area contributed by atoms with E-state index in [1.165, 1.54) is 19.2 Å². The molecule has 28 heavy (non-hydrogen) atoms. The van der Waals surface area contributed by atoms with Crippen molar-refractivity contribution in [2.75, 3.05) is 12.4 Å². The van der Waals surface area contributed by atoms with E-state index >= 15 is 0 Å². The Kier molecular flexibility index (Phi) is 5.30. The molecule has 0 radical (unpaired) electrons. The predicted molar refractivity (Wildman–Crippen MR) is 94.6 cm³/mol. The summed E-state index contributed by atoms with van der Waals surface area (Å²) in [5.41, 5.74) is -0.105. The van der Waals surface area contributed by atoms with Gasteiger partial charge in [0, 0.05) is 11.3 Å². The highest BCUT2D eigenvalue weighted by Crippen LogP contribution is 2.31. The first-order valence-electron chi connectivity index (χ1n) is 8.20. The molecule has 2 aromatic carbocycles. The van der Waals surface area contributed by atoms with E-state index < -0.39 is 23.7 Å². The predicted octanol–water partition coefficient (Wildman–Crippen LogP) is 3.57. The molecule has 1 heterocycles. The maximum Gasteiger partial charge on any atom is 0.416 e. The van der Waals surface area contributed by atoms with Gasteiger partial charge in [0.05, 0.1) is 12.7 Å². The number of benzene rings is 2. The van der Waals surface area contributed by atoms with Crippen molar-refractivity contribution < 1.29 is 22.7 Å². The Morgan fingerprint density at radius 3 is 2.54 bits per heavy atom. The zero-order chi connectivity index (χ0) is 20.3. The summed E-state index contributed by atoms with van der Waals surface area (Å²) in [6.07, 6.45) is -4.47. The molecule has 10 heteroatoms. The Morgan fingerprint density at radius 2 is 1.89 bits per heavy atom. The van der Waals surface area contributed by atoms with Crippen molar-refractivity contribution in [3.05, 3.63) is 54.1 Å². The van der Waals surface area contributed by atoms with Crippen LogP contribution in [0, 0.1) is 0 Å². The van der Waals surface area contributed by atoms with Gasteiger partial charge in [-0.25, -0.2) is 0 Å². The third-order valence-electron chi connectivity index (χ3n) is 3.96. The molecule has 0 spiro atoms. The summed E-state index contributed by atoms with van der Waals surface area (Å²) < 4.78 is 43.6. The SMILES string of the molecule is COc1ccc(NC(=O)C(C)n2nnc(-c3cccc(C(F)(F)F)c3)n2)cc1. The summed E-state index contributed by atoms with van der Waals surface area (Å²) in [5, 5.41) is 14.3. The number of tetrazole rings is 1. The van der Waals surface area contributed by atoms with Crippen LogP contribution in [0.15, 0.2) is 48.5 Å². The number of alkyl halides is 3. The quantitative estimate of drug-likeness (QED) is 0.719. The largest absolute Gasteiger partial charge is 0.497 e. The molecule has 0 aliphatic carbocycles. The monoisotopic (exact) mass is 391 g/mol. The molecule has 0 fully saturated rings. The van der Waals surface area contributed by atoms with Gasteiger partial charge in [0.15, 0.2) is 0 Å². The molecule has 1 atom stereocenters. The van der Waals surface area contributed by atoms with Gasteiger partial charge in [0.1, 0.15) is 11.8 Å². The molecule has 1 N–H and O–H groups in total. The van der Waals surface area contributed by atoms with E-state index in [9.17, 15) is 18.0 Å². The van der Waals surface area contributed by atoms with Crippen molar-refractivity contribution >= 4 is 11.6 Å². The Labute approximate surface area is 158 Å². The van der Waals surface area contributed by atoms with Gasteiger partial charge in [-0.3, -0.25) is 4.79 Å². The first-order chi connectivity index (χ1) is 13.3. The highest BCUT2D eigenvalue weighted by Gasteiger charge is 2.31. The van der Waals surface area contributed by atoms with Crippen LogP contribution in [0.1, 0.15) is 18.5 Å². The van der Waals surface area contributed by atoms with Crippen LogP contribution in [0.2, 0.25) is 0 Å². The topological polar surface area (TPSA) is 81.9 Å². The lowest BCUT2D eigenvalue weighted by Gasteiger charge is -2.11. The van der Waals surface area contributed by atoms with Crippen LogP contribution < -0.4 is 10.1 Å². The van der Waals surface area contributed by atoms with Gasteiger partial charge in [-0.1, -0.05) is 12.1 Å². The third-order valence-corrected chi connectivity index (χ3v) is 3.96. The van der Waals surface area contributed by atoms with Crippen LogP contribution in [0.3, 0.4) is 0 Å². The van der Waals surface area contributed by atoms with E-state index in [4.69, 9.17) is 4.74 Å². The van der Waals surface area contributed by atoms with Gasteiger partial charge in [-0.2, -0.15) is 18.0 Å². The average Bonchev–Trinajstić information content (AvgIpc) is 3.17. The van der Waals surface area contributed by atoms with Crippen LogP contribution in [-0.2, 0) is 11.0 Å². The number of carbonyl (C=O) groups excluding carboxylic acids is 1. The molecule has 3 aromatic rings. The van der Waals surface area contributed by atoms with E-state index in [0.29, 0.717) is 11.4 Å². The van der Waals surface area contributed by atoms with Crippen molar-refractivity contribution in [1.29, 1.82) is 0 Å². The Bertz CT molecular complexity index is 970. The first kappa shape index (κ1) is 19.3. The summed E-state index contributed by atoms with van der Waals surface area (Å²) in [6, 6.07) is 10.5. The smallest absolute Gasteiger partial charge is 0.416 e. The van der Waals surface area contributed by atoms with Gasteiger partial charge in [0.2, 0.25) is 5.82 Å². The molecule has 0 aliphatic rings. The van der Waals surface area contributed by atoms with Crippen LogP contribution >= 0.6 is 0 Å². The number of hydrogen-bond donors (Lipinski definition) is 1. The minimum absolute atomic E-state index is 0.00445. The van der Waals surface area contributed by atoms with Gasteiger partial charge in [-0.05, 0) is 48.5 Å². The number of amides is 1. The first-order valence-corrected chi connectivity index (χ1v) is 8.20. The zero-order valence-electron chi connectivity index (χ0n) is 14.9. The van der Waals surface area contributed by atoms with Crippen molar-refractivity contribution in [3.63, 3.8) is 0 Å². The standard InChI is InChI=1S/C18H16F3N5O2/c1-11(17(27)22-14-6-8-15(28-2)9-7-14)26-24-16(23-25-26)12-4-3-5-13(10-12)18(19,20)21/h3-11H,1-2H3,(H,22,27). The average molecular weight is 391 g/mol. The summed E-state index contributed by atoms with van der Waals surface area (Å²) in [4.78, 5) is 13.4. The van der Waals surface area contributed by atoms with E-state index in [1.807, 2.05) is 0 Å². The van der Waals surface area contributed by atoms with Crippen LogP contribution in [0.25, 0.3) is 11.4 Å². The van der Waals surface area contributed by atoms with Gasteiger partial charge < -0.3 is 10.1 Å². The summed E-state index contributed by atoms with van der Waals surface area (Å²) in [6.45, 7) is 1.55. The molecule has 1 aromatic heterocycles. The lowest BCUT2D eigenvalue weighted by Crippen LogP contribution is -2.25. The summed E-state index contributed by atoms with van der Waals surface area (Å²) in [5.74, 6) is 0.239. The van der Waals surface area contributed by atoms with Crippen molar-refractivity contribution in [2.24, 2.45) is 0 Å². The maximum atomic E-state index is 12.9. The van der Waals surface area contributed by atoms with E-state index in [-0.39, 0.29) is 11.4 Å². The molecule has 3 rings (SSSR count). The molecule has 0 bridgehead atoms. The van der Waals surface area contributed by atoms with Crippen molar-refractivity contribution in [2.45, 2.75) is 19.1 Å². The molecule has 1 unspecified atom stereocenters. The normalized spacial score (nSPS) is 12.5. The fraction of sp³-hybridized carbons (Fsp3) is 0.222. The van der Waals surface area contributed by atoms with Gasteiger partial charge in [-0.15, -0.1) is 10.2 Å². The number of aromatic nitrogens is 4. The number of halogens is 3. The Hall–Kier alpha value is -3.43. The summed E-state index contributed by atoms with van der Waals surface area (Å²) in [7, 11) is 1.54. The second-order valence-corrected chi connectivity index (χ2v) is 5.91. The fourth-order valence-corrected chi connectivity index (χ4v) is 2.37. The highest BCUT2D eigenvalue weighted by molar-refractivity contribution is 5.93. The number of ether oxygens (including phenoxy) is 1. The van der Waals surface area contributed by atoms with Crippen LogP contribution in [0.5, 0.6) is 5.75 Å². The lowest BCUT2D eigenvalue weighted by molar-refractivity contribution is -0.137. The second kappa shape index (κ2) is 7.67.